The molecule has 108 valence electrons. The van der Waals surface area contributed by atoms with Crippen LogP contribution in [0.5, 0.6) is 0 Å². The lowest BCUT2D eigenvalue weighted by Crippen LogP contribution is -2.45. The third kappa shape index (κ3) is 2.45. The van der Waals surface area contributed by atoms with E-state index < -0.39 is 0 Å². The summed E-state index contributed by atoms with van der Waals surface area (Å²) in [5.41, 5.74) is 0. The van der Waals surface area contributed by atoms with Crippen molar-refractivity contribution < 1.29 is 9.47 Å². The summed E-state index contributed by atoms with van der Waals surface area (Å²) in [6.07, 6.45) is 6.10. The fourth-order valence-corrected chi connectivity index (χ4v) is 2.87. The predicted molar refractivity (Wildman–Crippen MR) is 74.8 cm³/mol. The fourth-order valence-electron chi connectivity index (χ4n) is 2.87. The van der Waals surface area contributed by atoms with E-state index in [0.717, 1.165) is 50.9 Å². The van der Waals surface area contributed by atoms with E-state index in [-0.39, 0.29) is 5.79 Å². The SMILES string of the molecule is c1cc(N2CCC3(CC2)OCCO3)nc(NC2CC2)n1. The minimum absolute atomic E-state index is 0.321. The Morgan fingerprint density at radius 2 is 1.95 bits per heavy atom. The monoisotopic (exact) mass is 276 g/mol. The zero-order valence-electron chi connectivity index (χ0n) is 11.5. The van der Waals surface area contributed by atoms with E-state index in [4.69, 9.17) is 9.47 Å². The molecule has 6 heteroatoms. The average Bonchev–Trinajstić information content (AvgIpc) is 3.18. The van der Waals surface area contributed by atoms with Crippen molar-refractivity contribution in [2.75, 3.05) is 36.5 Å². The highest BCUT2D eigenvalue weighted by atomic mass is 16.7. The van der Waals surface area contributed by atoms with Crippen molar-refractivity contribution >= 4 is 11.8 Å². The van der Waals surface area contributed by atoms with Crippen molar-refractivity contribution in [3.05, 3.63) is 12.3 Å². The van der Waals surface area contributed by atoms with Crippen LogP contribution in [-0.2, 0) is 9.47 Å². The van der Waals surface area contributed by atoms with Crippen LogP contribution in [0.3, 0.4) is 0 Å². The maximum Gasteiger partial charge on any atom is 0.224 e. The maximum atomic E-state index is 5.76. The number of ether oxygens (including phenoxy) is 2. The van der Waals surface area contributed by atoms with E-state index in [1.807, 2.05) is 12.3 Å². The predicted octanol–water partition coefficient (Wildman–Crippen LogP) is 1.39. The summed E-state index contributed by atoms with van der Waals surface area (Å²) in [4.78, 5) is 11.2. The van der Waals surface area contributed by atoms with Crippen LogP contribution in [0.2, 0.25) is 0 Å². The van der Waals surface area contributed by atoms with Gasteiger partial charge in [0.05, 0.1) is 13.2 Å². The molecule has 0 unspecified atom stereocenters. The Morgan fingerprint density at radius 3 is 2.65 bits per heavy atom. The van der Waals surface area contributed by atoms with E-state index in [9.17, 15) is 0 Å². The molecule has 6 nitrogen and oxygen atoms in total. The molecule has 0 radical (unpaired) electrons. The quantitative estimate of drug-likeness (QED) is 0.900. The molecular formula is C14H20N4O2. The van der Waals surface area contributed by atoms with Gasteiger partial charge in [-0.3, -0.25) is 0 Å². The number of piperidine rings is 1. The Kier molecular flexibility index (Phi) is 3.00. The molecule has 3 fully saturated rings. The highest BCUT2D eigenvalue weighted by Gasteiger charge is 2.40. The lowest BCUT2D eigenvalue weighted by Gasteiger charge is -2.38. The lowest BCUT2D eigenvalue weighted by atomic mass is 10.0. The molecule has 2 saturated heterocycles. The molecule has 0 bridgehead atoms. The maximum absolute atomic E-state index is 5.76. The van der Waals surface area contributed by atoms with Gasteiger partial charge in [0.1, 0.15) is 5.82 Å². The van der Waals surface area contributed by atoms with Crippen LogP contribution in [0, 0.1) is 0 Å². The summed E-state index contributed by atoms with van der Waals surface area (Å²) >= 11 is 0. The Balaban J connectivity index is 1.42. The number of nitrogens with one attached hydrogen (secondary N) is 1. The third-order valence-electron chi connectivity index (χ3n) is 4.21. The summed E-state index contributed by atoms with van der Waals surface area (Å²) in [6.45, 7) is 3.28. The Morgan fingerprint density at radius 1 is 1.20 bits per heavy atom. The fraction of sp³-hybridized carbons (Fsp3) is 0.714. The molecule has 1 aliphatic carbocycles. The average molecular weight is 276 g/mol. The minimum atomic E-state index is -0.321. The molecule has 0 atom stereocenters. The number of nitrogens with zero attached hydrogens (tertiary/aromatic N) is 3. The molecule has 0 aromatic carbocycles. The van der Waals surface area contributed by atoms with Gasteiger partial charge in [0.15, 0.2) is 5.79 Å². The second kappa shape index (κ2) is 4.86. The minimum Gasteiger partial charge on any atom is -0.356 e. The number of hydrogen-bond acceptors (Lipinski definition) is 6. The van der Waals surface area contributed by atoms with Crippen LogP contribution < -0.4 is 10.2 Å². The smallest absolute Gasteiger partial charge is 0.224 e. The van der Waals surface area contributed by atoms with Crippen molar-refractivity contribution in [1.29, 1.82) is 0 Å². The van der Waals surface area contributed by atoms with Gasteiger partial charge in [0.25, 0.3) is 0 Å². The van der Waals surface area contributed by atoms with Crippen LogP contribution in [0.1, 0.15) is 25.7 Å². The van der Waals surface area contributed by atoms with E-state index in [2.05, 4.69) is 20.2 Å². The van der Waals surface area contributed by atoms with Gasteiger partial charge in [-0.1, -0.05) is 0 Å². The van der Waals surface area contributed by atoms with Crippen molar-refractivity contribution in [2.24, 2.45) is 0 Å². The van der Waals surface area contributed by atoms with Crippen molar-refractivity contribution in [1.82, 2.24) is 9.97 Å². The van der Waals surface area contributed by atoms with Crippen molar-refractivity contribution in [2.45, 2.75) is 37.5 Å². The third-order valence-corrected chi connectivity index (χ3v) is 4.21. The van der Waals surface area contributed by atoms with Crippen LogP contribution in [0.25, 0.3) is 0 Å². The molecule has 4 rings (SSSR count). The van der Waals surface area contributed by atoms with Crippen LogP contribution in [0.15, 0.2) is 12.3 Å². The van der Waals surface area contributed by atoms with E-state index in [0.29, 0.717) is 6.04 Å². The number of anilines is 2. The van der Waals surface area contributed by atoms with Crippen molar-refractivity contribution in [3.63, 3.8) is 0 Å². The summed E-state index contributed by atoms with van der Waals surface area (Å²) in [5, 5.41) is 3.35. The number of rotatable bonds is 3. The second-order valence-corrected chi connectivity index (χ2v) is 5.75. The van der Waals surface area contributed by atoms with Gasteiger partial charge in [0, 0.05) is 38.2 Å². The standard InChI is InChI=1S/C14H20N4O2/c1-2-11(1)16-13-15-6-3-12(17-13)18-7-4-14(5-8-18)19-9-10-20-14/h3,6,11H,1-2,4-5,7-10H2,(H,15,16,17). The van der Waals surface area contributed by atoms with Crippen LogP contribution >= 0.6 is 0 Å². The molecule has 1 aromatic heterocycles. The Hall–Kier alpha value is -1.40. The van der Waals surface area contributed by atoms with Gasteiger partial charge in [-0.25, -0.2) is 4.98 Å². The van der Waals surface area contributed by atoms with E-state index >= 15 is 0 Å². The van der Waals surface area contributed by atoms with E-state index in [1.165, 1.54) is 12.8 Å². The van der Waals surface area contributed by atoms with Crippen LogP contribution in [0.4, 0.5) is 11.8 Å². The summed E-state index contributed by atoms with van der Waals surface area (Å²) < 4.78 is 11.5. The molecule has 1 aromatic rings. The molecule has 20 heavy (non-hydrogen) atoms. The van der Waals surface area contributed by atoms with Gasteiger partial charge in [-0.2, -0.15) is 4.98 Å². The molecule has 2 aliphatic heterocycles. The zero-order chi connectivity index (χ0) is 13.4. The highest BCUT2D eigenvalue weighted by Crippen LogP contribution is 2.33. The largest absolute Gasteiger partial charge is 0.356 e. The van der Waals surface area contributed by atoms with E-state index in [1.54, 1.807) is 0 Å². The number of aromatic nitrogens is 2. The molecule has 1 saturated carbocycles. The molecular weight excluding hydrogens is 256 g/mol. The Bertz CT molecular complexity index is 476. The van der Waals surface area contributed by atoms with Gasteiger partial charge < -0.3 is 19.7 Å². The topological polar surface area (TPSA) is 59.5 Å². The van der Waals surface area contributed by atoms with Gasteiger partial charge in [0.2, 0.25) is 5.95 Å². The first-order valence-corrected chi connectivity index (χ1v) is 7.45. The molecule has 3 aliphatic rings. The van der Waals surface area contributed by atoms with Gasteiger partial charge in [-0.05, 0) is 18.9 Å². The number of hydrogen-bond donors (Lipinski definition) is 1. The summed E-state index contributed by atoms with van der Waals surface area (Å²) in [7, 11) is 0. The molecule has 1 spiro atoms. The summed E-state index contributed by atoms with van der Waals surface area (Å²) in [6, 6.07) is 2.56. The summed E-state index contributed by atoms with van der Waals surface area (Å²) in [5.74, 6) is 1.42. The highest BCUT2D eigenvalue weighted by molar-refractivity contribution is 5.43. The Labute approximate surface area is 118 Å². The normalized spacial score (nSPS) is 25.1. The second-order valence-electron chi connectivity index (χ2n) is 5.75. The first-order valence-electron chi connectivity index (χ1n) is 7.45. The zero-order valence-corrected chi connectivity index (χ0v) is 11.5. The van der Waals surface area contributed by atoms with Gasteiger partial charge >= 0.3 is 0 Å². The molecule has 3 heterocycles. The molecule has 1 N–H and O–H groups in total. The van der Waals surface area contributed by atoms with Gasteiger partial charge in [-0.15, -0.1) is 0 Å². The van der Waals surface area contributed by atoms with Crippen molar-refractivity contribution in [3.8, 4) is 0 Å². The first kappa shape index (κ1) is 12.3. The van der Waals surface area contributed by atoms with Crippen LogP contribution in [-0.4, -0.2) is 48.1 Å². The first-order chi connectivity index (χ1) is 9.83. The lowest BCUT2D eigenvalue weighted by molar-refractivity contribution is -0.169. The molecule has 0 amide bonds.